The first-order chi connectivity index (χ1) is 8.17. The van der Waals surface area contributed by atoms with E-state index in [1.807, 2.05) is 31.2 Å². The van der Waals surface area contributed by atoms with Crippen molar-refractivity contribution in [1.29, 1.82) is 0 Å². The van der Waals surface area contributed by atoms with Gasteiger partial charge in [0, 0.05) is 12.3 Å². The van der Waals surface area contributed by atoms with E-state index in [1.165, 1.54) is 0 Å². The van der Waals surface area contributed by atoms with E-state index in [0.29, 0.717) is 6.42 Å². The van der Waals surface area contributed by atoms with Crippen molar-refractivity contribution in [2.75, 3.05) is 11.9 Å². The van der Waals surface area contributed by atoms with E-state index in [1.54, 1.807) is 0 Å². The summed E-state index contributed by atoms with van der Waals surface area (Å²) in [6.07, 6.45) is 2.06. The Morgan fingerprint density at radius 1 is 1.47 bits per heavy atom. The van der Waals surface area contributed by atoms with Crippen LogP contribution >= 0.6 is 0 Å². The van der Waals surface area contributed by atoms with Crippen LogP contribution in [0.25, 0.3) is 0 Å². The maximum atomic E-state index is 10.9. The molecule has 1 aromatic carbocycles. The third-order valence-electron chi connectivity index (χ3n) is 2.60. The van der Waals surface area contributed by atoms with Gasteiger partial charge in [0.2, 0.25) is 0 Å². The van der Waals surface area contributed by atoms with E-state index in [-0.39, 0.29) is 6.61 Å². The number of aliphatic hydroxyl groups excluding tert-OH is 1. The normalized spacial score (nSPS) is 12.1. The monoisotopic (exact) mass is 237 g/mol. The molecule has 0 heterocycles. The molecule has 17 heavy (non-hydrogen) atoms. The second kappa shape index (κ2) is 6.91. The van der Waals surface area contributed by atoms with E-state index < -0.39 is 12.0 Å². The highest BCUT2D eigenvalue weighted by atomic mass is 16.4. The van der Waals surface area contributed by atoms with Gasteiger partial charge in [-0.05, 0) is 37.0 Å². The molecule has 0 amide bonds. The first kappa shape index (κ1) is 13.5. The zero-order valence-corrected chi connectivity index (χ0v) is 10.0. The SMILES string of the molecule is CCC(Nc1cccc(CCCO)c1)C(=O)O. The summed E-state index contributed by atoms with van der Waals surface area (Å²) in [6, 6.07) is 7.10. The van der Waals surface area contributed by atoms with E-state index in [0.717, 1.165) is 24.1 Å². The molecule has 0 aliphatic heterocycles. The van der Waals surface area contributed by atoms with Crippen LogP contribution < -0.4 is 5.32 Å². The summed E-state index contributed by atoms with van der Waals surface area (Å²) in [5.74, 6) is -0.840. The van der Waals surface area contributed by atoms with Crippen molar-refractivity contribution >= 4 is 11.7 Å². The number of aliphatic carboxylic acids is 1. The van der Waals surface area contributed by atoms with E-state index in [2.05, 4.69) is 5.32 Å². The lowest BCUT2D eigenvalue weighted by atomic mass is 10.1. The van der Waals surface area contributed by atoms with Crippen molar-refractivity contribution in [3.05, 3.63) is 29.8 Å². The highest BCUT2D eigenvalue weighted by Crippen LogP contribution is 2.14. The minimum absolute atomic E-state index is 0.171. The number of aliphatic hydroxyl groups is 1. The summed E-state index contributed by atoms with van der Waals surface area (Å²) >= 11 is 0. The average molecular weight is 237 g/mol. The lowest BCUT2D eigenvalue weighted by Crippen LogP contribution is -2.28. The minimum atomic E-state index is -0.840. The van der Waals surface area contributed by atoms with Crippen LogP contribution in [-0.2, 0) is 11.2 Å². The van der Waals surface area contributed by atoms with Gasteiger partial charge in [-0.2, -0.15) is 0 Å². The number of carboxylic acids is 1. The maximum Gasteiger partial charge on any atom is 0.326 e. The summed E-state index contributed by atoms with van der Waals surface area (Å²) in [5, 5.41) is 20.7. The number of benzene rings is 1. The summed E-state index contributed by atoms with van der Waals surface area (Å²) < 4.78 is 0. The number of carboxylic acid groups (broad SMARTS) is 1. The van der Waals surface area contributed by atoms with E-state index in [4.69, 9.17) is 10.2 Å². The van der Waals surface area contributed by atoms with Gasteiger partial charge in [-0.3, -0.25) is 0 Å². The van der Waals surface area contributed by atoms with Crippen molar-refractivity contribution in [3.63, 3.8) is 0 Å². The Labute approximate surface area is 101 Å². The molecular weight excluding hydrogens is 218 g/mol. The third kappa shape index (κ3) is 4.44. The number of rotatable bonds is 7. The zero-order valence-electron chi connectivity index (χ0n) is 10.0. The topological polar surface area (TPSA) is 69.6 Å². The number of nitrogens with one attached hydrogen (secondary N) is 1. The molecule has 0 bridgehead atoms. The van der Waals surface area contributed by atoms with Gasteiger partial charge in [0.1, 0.15) is 6.04 Å². The lowest BCUT2D eigenvalue weighted by molar-refractivity contribution is -0.137. The Morgan fingerprint density at radius 2 is 2.24 bits per heavy atom. The molecule has 4 heteroatoms. The maximum absolute atomic E-state index is 10.9. The van der Waals surface area contributed by atoms with Crippen molar-refractivity contribution in [3.8, 4) is 0 Å². The third-order valence-corrected chi connectivity index (χ3v) is 2.60. The fourth-order valence-corrected chi connectivity index (χ4v) is 1.64. The molecule has 4 nitrogen and oxygen atoms in total. The largest absolute Gasteiger partial charge is 0.480 e. The van der Waals surface area contributed by atoms with Gasteiger partial charge in [0.25, 0.3) is 0 Å². The molecule has 0 radical (unpaired) electrons. The summed E-state index contributed by atoms with van der Waals surface area (Å²) in [5.41, 5.74) is 1.92. The highest BCUT2D eigenvalue weighted by molar-refractivity contribution is 5.77. The quantitative estimate of drug-likeness (QED) is 0.677. The zero-order chi connectivity index (χ0) is 12.7. The van der Waals surface area contributed by atoms with Crippen LogP contribution in [0.3, 0.4) is 0 Å². The number of hydrogen-bond donors (Lipinski definition) is 3. The molecule has 0 spiro atoms. The number of carbonyl (C=O) groups is 1. The van der Waals surface area contributed by atoms with Crippen LogP contribution in [0.2, 0.25) is 0 Å². The van der Waals surface area contributed by atoms with Gasteiger partial charge in [-0.25, -0.2) is 4.79 Å². The average Bonchev–Trinajstić information content (AvgIpc) is 2.33. The van der Waals surface area contributed by atoms with Gasteiger partial charge in [-0.1, -0.05) is 19.1 Å². The summed E-state index contributed by atoms with van der Waals surface area (Å²) in [4.78, 5) is 10.9. The van der Waals surface area contributed by atoms with Crippen LogP contribution in [0.1, 0.15) is 25.3 Å². The Balaban J connectivity index is 2.67. The molecule has 1 unspecified atom stereocenters. The van der Waals surface area contributed by atoms with Crippen LogP contribution in [0.4, 0.5) is 5.69 Å². The standard InChI is InChI=1S/C13H19NO3/c1-2-12(13(16)17)14-11-7-3-5-10(9-11)6-4-8-15/h3,5,7,9,12,14-15H,2,4,6,8H2,1H3,(H,16,17). The first-order valence-corrected chi connectivity index (χ1v) is 5.86. The second-order valence-corrected chi connectivity index (χ2v) is 3.97. The first-order valence-electron chi connectivity index (χ1n) is 5.86. The Bertz CT molecular complexity index is 365. The van der Waals surface area contributed by atoms with Crippen molar-refractivity contribution in [2.24, 2.45) is 0 Å². The van der Waals surface area contributed by atoms with Gasteiger partial charge in [0.15, 0.2) is 0 Å². The van der Waals surface area contributed by atoms with Gasteiger partial charge in [-0.15, -0.1) is 0 Å². The van der Waals surface area contributed by atoms with Crippen LogP contribution in [0, 0.1) is 0 Å². The predicted molar refractivity (Wildman–Crippen MR) is 67.2 cm³/mol. The number of hydrogen-bond acceptors (Lipinski definition) is 3. The molecule has 0 aliphatic rings. The fourth-order valence-electron chi connectivity index (χ4n) is 1.64. The van der Waals surface area contributed by atoms with Crippen LogP contribution in [0.5, 0.6) is 0 Å². The number of anilines is 1. The summed E-state index contributed by atoms with van der Waals surface area (Å²) in [6.45, 7) is 2.01. The Morgan fingerprint density at radius 3 is 2.82 bits per heavy atom. The van der Waals surface area contributed by atoms with E-state index in [9.17, 15) is 4.79 Å². The molecule has 0 saturated carbocycles. The second-order valence-electron chi connectivity index (χ2n) is 3.97. The predicted octanol–water partition coefficient (Wildman–Crippen LogP) is 1.89. The molecular formula is C13H19NO3. The number of aryl methyl sites for hydroxylation is 1. The molecule has 94 valence electrons. The molecule has 0 aromatic heterocycles. The Hall–Kier alpha value is -1.55. The highest BCUT2D eigenvalue weighted by Gasteiger charge is 2.13. The van der Waals surface area contributed by atoms with Gasteiger partial charge < -0.3 is 15.5 Å². The molecule has 1 aromatic rings. The minimum Gasteiger partial charge on any atom is -0.480 e. The van der Waals surface area contributed by atoms with Crippen molar-refractivity contribution < 1.29 is 15.0 Å². The van der Waals surface area contributed by atoms with Crippen LogP contribution in [0.15, 0.2) is 24.3 Å². The molecule has 0 fully saturated rings. The van der Waals surface area contributed by atoms with E-state index >= 15 is 0 Å². The van der Waals surface area contributed by atoms with Crippen LogP contribution in [-0.4, -0.2) is 28.8 Å². The van der Waals surface area contributed by atoms with Crippen molar-refractivity contribution in [2.45, 2.75) is 32.2 Å². The molecule has 1 rings (SSSR count). The molecule has 0 saturated heterocycles. The molecule has 1 atom stereocenters. The Kier molecular flexibility index (Phi) is 5.49. The fraction of sp³-hybridized carbons (Fsp3) is 0.462. The molecule has 3 N–H and O–H groups in total. The van der Waals surface area contributed by atoms with Gasteiger partial charge >= 0.3 is 5.97 Å². The molecule has 0 aliphatic carbocycles. The van der Waals surface area contributed by atoms with Crippen molar-refractivity contribution in [1.82, 2.24) is 0 Å². The summed E-state index contributed by atoms with van der Waals surface area (Å²) in [7, 11) is 0. The smallest absolute Gasteiger partial charge is 0.326 e. The van der Waals surface area contributed by atoms with Gasteiger partial charge in [0.05, 0.1) is 0 Å². The lowest BCUT2D eigenvalue weighted by Gasteiger charge is -2.14.